The highest BCUT2D eigenvalue weighted by Crippen LogP contribution is 2.39. The van der Waals surface area contributed by atoms with E-state index in [0.29, 0.717) is 0 Å². The average Bonchev–Trinajstić information content (AvgIpc) is 2.41. The van der Waals surface area contributed by atoms with E-state index in [1.807, 2.05) is 25.1 Å². The third-order valence-electron chi connectivity index (χ3n) is 3.25. The van der Waals surface area contributed by atoms with E-state index in [-0.39, 0.29) is 11.5 Å². The van der Waals surface area contributed by atoms with Gasteiger partial charge in [-0.3, -0.25) is 0 Å². The van der Waals surface area contributed by atoms with Crippen LogP contribution in [0.5, 0.6) is 11.5 Å². The van der Waals surface area contributed by atoms with Crippen LogP contribution in [0.15, 0.2) is 36.4 Å². The van der Waals surface area contributed by atoms with Gasteiger partial charge in [-0.1, -0.05) is 44.2 Å². The molecule has 0 spiro atoms. The van der Waals surface area contributed by atoms with Crippen LogP contribution in [0.1, 0.15) is 25.0 Å². The summed E-state index contributed by atoms with van der Waals surface area (Å²) in [7, 11) is 0. The van der Waals surface area contributed by atoms with Crippen LogP contribution in [0, 0.1) is 0 Å². The molecule has 0 saturated carbocycles. The van der Waals surface area contributed by atoms with Crippen LogP contribution in [-0.2, 0) is 12.8 Å². The number of aryl methyl sites for hydroxylation is 2. The molecular weight excluding hydrogens is 224 g/mol. The van der Waals surface area contributed by atoms with Gasteiger partial charge in [0.15, 0.2) is 11.5 Å². The molecule has 2 aromatic carbocycles. The third-order valence-corrected chi connectivity index (χ3v) is 3.25. The molecule has 2 rings (SSSR count). The molecule has 0 aliphatic rings. The van der Waals surface area contributed by atoms with Gasteiger partial charge in [-0.2, -0.15) is 0 Å². The first kappa shape index (κ1) is 12.5. The molecule has 94 valence electrons. The summed E-state index contributed by atoms with van der Waals surface area (Å²) in [5.74, 6) is -0.0910. The van der Waals surface area contributed by atoms with Crippen molar-refractivity contribution in [1.82, 2.24) is 0 Å². The molecular formula is C16H18O2. The third kappa shape index (κ3) is 2.19. The summed E-state index contributed by atoms with van der Waals surface area (Å²) in [5, 5.41) is 19.7. The normalized spacial score (nSPS) is 10.6. The fourth-order valence-electron chi connectivity index (χ4n) is 2.19. The van der Waals surface area contributed by atoms with Crippen molar-refractivity contribution >= 4 is 0 Å². The van der Waals surface area contributed by atoms with E-state index < -0.39 is 0 Å². The Morgan fingerprint density at radius 2 is 1.72 bits per heavy atom. The monoisotopic (exact) mass is 242 g/mol. The number of benzene rings is 2. The molecule has 0 radical (unpaired) electrons. The van der Waals surface area contributed by atoms with Crippen molar-refractivity contribution in [3.63, 3.8) is 0 Å². The number of hydrogen-bond acceptors (Lipinski definition) is 2. The zero-order valence-electron chi connectivity index (χ0n) is 10.8. The first-order chi connectivity index (χ1) is 8.67. The zero-order valence-corrected chi connectivity index (χ0v) is 10.8. The van der Waals surface area contributed by atoms with E-state index in [9.17, 15) is 10.2 Å². The number of hydrogen-bond donors (Lipinski definition) is 2. The second kappa shape index (κ2) is 5.13. The van der Waals surface area contributed by atoms with E-state index in [0.717, 1.165) is 29.5 Å². The lowest BCUT2D eigenvalue weighted by Crippen LogP contribution is -1.90. The Hall–Kier alpha value is -1.96. The predicted octanol–water partition coefficient (Wildman–Crippen LogP) is 3.89. The minimum Gasteiger partial charge on any atom is -0.504 e. The molecule has 0 fully saturated rings. The van der Waals surface area contributed by atoms with Crippen LogP contribution < -0.4 is 0 Å². The van der Waals surface area contributed by atoms with E-state index in [2.05, 4.69) is 19.1 Å². The summed E-state index contributed by atoms with van der Waals surface area (Å²) in [6.07, 6.45) is 1.77. The standard InChI is InChI=1S/C16H18O2/c1-3-11-6-5-7-13(10-11)15-12(4-2)8-9-14(17)16(15)18/h5-10,17-18H,3-4H2,1-2H3. The van der Waals surface area contributed by atoms with Gasteiger partial charge in [-0.05, 0) is 35.6 Å². The topological polar surface area (TPSA) is 40.5 Å². The van der Waals surface area contributed by atoms with Crippen molar-refractivity contribution in [2.75, 3.05) is 0 Å². The molecule has 2 nitrogen and oxygen atoms in total. The quantitative estimate of drug-likeness (QED) is 0.802. The Labute approximate surface area is 108 Å². The van der Waals surface area contributed by atoms with Crippen LogP contribution >= 0.6 is 0 Å². The predicted molar refractivity (Wildman–Crippen MR) is 74.0 cm³/mol. The SMILES string of the molecule is CCc1cccc(-c2c(CC)ccc(O)c2O)c1. The fraction of sp³-hybridized carbons (Fsp3) is 0.250. The van der Waals surface area contributed by atoms with E-state index in [1.54, 1.807) is 6.07 Å². The van der Waals surface area contributed by atoms with Crippen molar-refractivity contribution in [2.24, 2.45) is 0 Å². The summed E-state index contributed by atoms with van der Waals surface area (Å²) < 4.78 is 0. The summed E-state index contributed by atoms with van der Waals surface area (Å²) in [4.78, 5) is 0. The van der Waals surface area contributed by atoms with Gasteiger partial charge in [0.2, 0.25) is 0 Å². The molecule has 2 N–H and O–H groups in total. The molecule has 0 atom stereocenters. The van der Waals surface area contributed by atoms with Gasteiger partial charge < -0.3 is 10.2 Å². The lowest BCUT2D eigenvalue weighted by atomic mass is 9.95. The minimum atomic E-state index is -0.0656. The van der Waals surface area contributed by atoms with E-state index in [4.69, 9.17) is 0 Å². The highest BCUT2D eigenvalue weighted by Gasteiger charge is 2.13. The van der Waals surface area contributed by atoms with Crippen LogP contribution in [-0.4, -0.2) is 10.2 Å². The Balaban J connectivity index is 2.65. The summed E-state index contributed by atoms with van der Waals surface area (Å²) in [6.45, 7) is 4.14. The van der Waals surface area contributed by atoms with Crippen molar-refractivity contribution in [1.29, 1.82) is 0 Å². The highest BCUT2D eigenvalue weighted by atomic mass is 16.3. The van der Waals surface area contributed by atoms with Gasteiger partial charge in [0.05, 0.1) is 0 Å². The van der Waals surface area contributed by atoms with Crippen LogP contribution in [0.2, 0.25) is 0 Å². The summed E-state index contributed by atoms with van der Waals surface area (Å²) in [5.41, 5.74) is 3.96. The highest BCUT2D eigenvalue weighted by molar-refractivity contribution is 5.77. The van der Waals surface area contributed by atoms with Crippen LogP contribution in [0.4, 0.5) is 0 Å². The number of phenols is 2. The van der Waals surface area contributed by atoms with Crippen molar-refractivity contribution in [3.8, 4) is 22.6 Å². The fourth-order valence-corrected chi connectivity index (χ4v) is 2.19. The molecule has 18 heavy (non-hydrogen) atoms. The molecule has 0 saturated heterocycles. The average molecular weight is 242 g/mol. The van der Waals surface area contributed by atoms with E-state index in [1.165, 1.54) is 5.56 Å². The van der Waals surface area contributed by atoms with E-state index >= 15 is 0 Å². The van der Waals surface area contributed by atoms with Crippen molar-refractivity contribution < 1.29 is 10.2 Å². The maximum atomic E-state index is 10.1. The Morgan fingerprint density at radius 3 is 2.39 bits per heavy atom. The Morgan fingerprint density at radius 1 is 0.944 bits per heavy atom. The van der Waals surface area contributed by atoms with Crippen LogP contribution in [0.3, 0.4) is 0 Å². The molecule has 2 aromatic rings. The molecule has 0 aliphatic heterocycles. The van der Waals surface area contributed by atoms with Crippen LogP contribution in [0.25, 0.3) is 11.1 Å². The second-order valence-electron chi connectivity index (χ2n) is 4.37. The number of phenolic OH excluding ortho intramolecular Hbond substituents is 2. The number of rotatable bonds is 3. The molecule has 0 unspecified atom stereocenters. The number of aromatic hydroxyl groups is 2. The maximum Gasteiger partial charge on any atom is 0.165 e. The van der Waals surface area contributed by atoms with Gasteiger partial charge in [0.25, 0.3) is 0 Å². The second-order valence-corrected chi connectivity index (χ2v) is 4.37. The van der Waals surface area contributed by atoms with Gasteiger partial charge in [-0.15, -0.1) is 0 Å². The molecule has 2 heteroatoms. The van der Waals surface area contributed by atoms with Crippen molar-refractivity contribution in [3.05, 3.63) is 47.5 Å². The van der Waals surface area contributed by atoms with Crippen molar-refractivity contribution in [2.45, 2.75) is 26.7 Å². The smallest absolute Gasteiger partial charge is 0.165 e. The first-order valence-electron chi connectivity index (χ1n) is 6.30. The Kier molecular flexibility index (Phi) is 3.56. The maximum absolute atomic E-state index is 10.1. The molecule has 0 bridgehead atoms. The lowest BCUT2D eigenvalue weighted by molar-refractivity contribution is 0.404. The Bertz CT molecular complexity index is 559. The summed E-state index contributed by atoms with van der Waals surface area (Å²) in [6, 6.07) is 11.5. The molecule has 0 aromatic heterocycles. The summed E-state index contributed by atoms with van der Waals surface area (Å²) >= 11 is 0. The minimum absolute atomic E-state index is 0.0254. The lowest BCUT2D eigenvalue weighted by Gasteiger charge is -2.12. The van der Waals surface area contributed by atoms with Gasteiger partial charge in [0, 0.05) is 5.56 Å². The van der Waals surface area contributed by atoms with Gasteiger partial charge in [0.1, 0.15) is 0 Å². The largest absolute Gasteiger partial charge is 0.504 e. The molecule has 0 aliphatic carbocycles. The molecule has 0 amide bonds. The van der Waals surface area contributed by atoms with Gasteiger partial charge in [-0.25, -0.2) is 0 Å². The first-order valence-corrected chi connectivity index (χ1v) is 6.30. The zero-order chi connectivity index (χ0) is 13.1. The molecule has 0 heterocycles. The van der Waals surface area contributed by atoms with Gasteiger partial charge >= 0.3 is 0 Å².